The Labute approximate surface area is 118 Å². The highest BCUT2D eigenvalue weighted by atomic mass is 79.9. The summed E-state index contributed by atoms with van der Waals surface area (Å²) in [6.45, 7) is 0.419. The molecule has 1 aromatic carbocycles. The molecule has 0 aliphatic rings. The number of aromatic nitrogens is 1. The Morgan fingerprint density at radius 2 is 2.17 bits per heavy atom. The van der Waals surface area contributed by atoms with Crippen LogP contribution >= 0.6 is 27.5 Å². The molecule has 0 amide bonds. The minimum absolute atomic E-state index is 0.0838. The van der Waals surface area contributed by atoms with E-state index in [9.17, 15) is 4.79 Å². The minimum atomic E-state index is -0.0838. The Kier molecular flexibility index (Phi) is 4.09. The van der Waals surface area contributed by atoms with Crippen LogP contribution in [-0.4, -0.2) is 11.7 Å². The maximum Gasteiger partial charge on any atom is 0.265 e. The van der Waals surface area contributed by atoms with Gasteiger partial charge in [0.15, 0.2) is 0 Å². The van der Waals surface area contributed by atoms with Crippen LogP contribution in [-0.2, 0) is 6.54 Å². The predicted octanol–water partition coefficient (Wildman–Crippen LogP) is 3.32. The van der Waals surface area contributed by atoms with E-state index in [-0.39, 0.29) is 5.56 Å². The number of hydrogen-bond acceptors (Lipinski definition) is 2. The molecule has 18 heavy (non-hydrogen) atoms. The van der Waals surface area contributed by atoms with Crippen LogP contribution in [0.4, 0.5) is 0 Å². The molecular formula is C13H11BrClNO2. The van der Waals surface area contributed by atoms with Gasteiger partial charge < -0.3 is 9.30 Å². The summed E-state index contributed by atoms with van der Waals surface area (Å²) >= 11 is 9.18. The fraction of sp³-hybridized carbons (Fsp3) is 0.154. The number of rotatable bonds is 3. The van der Waals surface area contributed by atoms with Crippen LogP contribution in [0.5, 0.6) is 5.75 Å². The number of benzene rings is 1. The summed E-state index contributed by atoms with van der Waals surface area (Å²) in [7, 11) is 1.59. The SMILES string of the molecule is COc1ccc(Cl)cc1Cn1cccc(Br)c1=O. The summed E-state index contributed by atoms with van der Waals surface area (Å²) in [6.07, 6.45) is 1.73. The van der Waals surface area contributed by atoms with Crippen molar-refractivity contribution in [2.24, 2.45) is 0 Å². The molecule has 2 rings (SSSR count). The molecule has 0 atom stereocenters. The molecule has 0 unspecified atom stereocenters. The highest BCUT2D eigenvalue weighted by Gasteiger charge is 2.07. The standard InChI is InChI=1S/C13H11BrClNO2/c1-18-12-5-4-10(15)7-9(12)8-16-6-2-3-11(14)13(16)17/h2-7H,8H2,1H3. The molecule has 0 radical (unpaired) electrons. The van der Waals surface area contributed by atoms with Gasteiger partial charge in [0.1, 0.15) is 5.75 Å². The Balaban J connectivity index is 2.42. The van der Waals surface area contributed by atoms with Crippen molar-refractivity contribution >= 4 is 27.5 Å². The van der Waals surface area contributed by atoms with Gasteiger partial charge in [0.05, 0.1) is 18.1 Å². The Bertz CT molecular complexity index is 625. The summed E-state index contributed by atoms with van der Waals surface area (Å²) in [5, 5.41) is 0.619. The summed E-state index contributed by atoms with van der Waals surface area (Å²) in [4.78, 5) is 11.9. The molecule has 0 N–H and O–H groups in total. The number of hydrogen-bond donors (Lipinski definition) is 0. The topological polar surface area (TPSA) is 31.2 Å². The first kappa shape index (κ1) is 13.2. The van der Waals surface area contributed by atoms with E-state index < -0.39 is 0 Å². The first-order chi connectivity index (χ1) is 8.61. The van der Waals surface area contributed by atoms with E-state index in [0.717, 1.165) is 5.56 Å². The molecule has 0 bridgehead atoms. The Morgan fingerprint density at radius 1 is 1.39 bits per heavy atom. The number of methoxy groups -OCH3 is 1. The van der Waals surface area contributed by atoms with Gasteiger partial charge in [-0.1, -0.05) is 11.6 Å². The van der Waals surface area contributed by atoms with Crippen LogP contribution in [0.15, 0.2) is 45.8 Å². The second-order valence-electron chi connectivity index (χ2n) is 3.75. The predicted molar refractivity (Wildman–Crippen MR) is 75.5 cm³/mol. The van der Waals surface area contributed by atoms with Gasteiger partial charge in [-0.25, -0.2) is 0 Å². The van der Waals surface area contributed by atoms with Gasteiger partial charge in [-0.3, -0.25) is 4.79 Å². The van der Waals surface area contributed by atoms with Gasteiger partial charge in [-0.05, 0) is 46.3 Å². The first-order valence-electron chi connectivity index (χ1n) is 5.29. The second kappa shape index (κ2) is 5.59. The molecule has 0 spiro atoms. The van der Waals surface area contributed by atoms with Crippen molar-refractivity contribution in [3.05, 3.63) is 61.9 Å². The number of nitrogens with zero attached hydrogens (tertiary/aromatic N) is 1. The van der Waals surface area contributed by atoms with Crippen molar-refractivity contribution < 1.29 is 4.74 Å². The third-order valence-corrected chi connectivity index (χ3v) is 3.40. The van der Waals surface area contributed by atoms with E-state index in [1.54, 1.807) is 42.1 Å². The van der Waals surface area contributed by atoms with Crippen LogP contribution in [0.3, 0.4) is 0 Å². The maximum atomic E-state index is 11.9. The summed E-state index contributed by atoms with van der Waals surface area (Å²) < 4.78 is 7.39. The molecule has 0 saturated heterocycles. The van der Waals surface area contributed by atoms with Gasteiger partial charge in [-0.15, -0.1) is 0 Å². The number of ether oxygens (including phenoxy) is 1. The molecule has 1 heterocycles. The summed E-state index contributed by atoms with van der Waals surface area (Å²) in [5.74, 6) is 0.714. The van der Waals surface area contributed by atoms with Gasteiger partial charge in [0, 0.05) is 16.8 Å². The van der Waals surface area contributed by atoms with Crippen molar-refractivity contribution in [2.45, 2.75) is 6.54 Å². The molecule has 0 aliphatic heterocycles. The molecule has 0 aliphatic carbocycles. The van der Waals surface area contributed by atoms with Crippen LogP contribution in [0.2, 0.25) is 5.02 Å². The fourth-order valence-electron chi connectivity index (χ4n) is 1.69. The zero-order valence-corrected chi connectivity index (χ0v) is 12.0. The third-order valence-electron chi connectivity index (χ3n) is 2.56. The van der Waals surface area contributed by atoms with Gasteiger partial charge in [0.25, 0.3) is 5.56 Å². The minimum Gasteiger partial charge on any atom is -0.496 e. The zero-order chi connectivity index (χ0) is 13.1. The molecule has 0 saturated carbocycles. The second-order valence-corrected chi connectivity index (χ2v) is 5.04. The lowest BCUT2D eigenvalue weighted by Crippen LogP contribution is -2.20. The van der Waals surface area contributed by atoms with Crippen molar-refractivity contribution in [1.29, 1.82) is 0 Å². The van der Waals surface area contributed by atoms with E-state index in [1.165, 1.54) is 0 Å². The van der Waals surface area contributed by atoms with E-state index in [2.05, 4.69) is 15.9 Å². The molecule has 5 heteroatoms. The monoisotopic (exact) mass is 327 g/mol. The highest BCUT2D eigenvalue weighted by Crippen LogP contribution is 2.23. The van der Waals surface area contributed by atoms with Crippen molar-refractivity contribution in [1.82, 2.24) is 4.57 Å². The number of pyridine rings is 1. The van der Waals surface area contributed by atoms with Gasteiger partial charge in [0.2, 0.25) is 0 Å². The average molecular weight is 329 g/mol. The third kappa shape index (κ3) is 2.76. The average Bonchev–Trinajstić information content (AvgIpc) is 2.35. The van der Waals surface area contributed by atoms with Crippen molar-refractivity contribution in [3.63, 3.8) is 0 Å². The molecule has 0 fully saturated rings. The Hall–Kier alpha value is -1.26. The van der Waals surface area contributed by atoms with E-state index >= 15 is 0 Å². The quantitative estimate of drug-likeness (QED) is 0.865. The normalized spacial score (nSPS) is 10.4. The molecule has 94 valence electrons. The van der Waals surface area contributed by atoms with Crippen molar-refractivity contribution in [3.8, 4) is 5.75 Å². The molecule has 1 aromatic heterocycles. The molecular weight excluding hydrogens is 318 g/mol. The van der Waals surface area contributed by atoms with E-state index in [0.29, 0.717) is 21.8 Å². The van der Waals surface area contributed by atoms with Gasteiger partial charge >= 0.3 is 0 Å². The zero-order valence-electron chi connectivity index (χ0n) is 9.69. The largest absolute Gasteiger partial charge is 0.496 e. The fourth-order valence-corrected chi connectivity index (χ4v) is 2.26. The van der Waals surface area contributed by atoms with Crippen LogP contribution in [0.1, 0.15) is 5.56 Å². The highest BCUT2D eigenvalue weighted by molar-refractivity contribution is 9.10. The summed E-state index contributed by atoms with van der Waals surface area (Å²) in [5.41, 5.74) is 0.782. The van der Waals surface area contributed by atoms with Crippen molar-refractivity contribution in [2.75, 3.05) is 7.11 Å². The van der Waals surface area contributed by atoms with Crippen LogP contribution in [0, 0.1) is 0 Å². The molecule has 2 aromatic rings. The van der Waals surface area contributed by atoms with Crippen LogP contribution < -0.4 is 10.3 Å². The summed E-state index contributed by atoms with van der Waals surface area (Å²) in [6, 6.07) is 8.87. The maximum absolute atomic E-state index is 11.9. The molecule has 3 nitrogen and oxygen atoms in total. The first-order valence-corrected chi connectivity index (χ1v) is 6.46. The van der Waals surface area contributed by atoms with Gasteiger partial charge in [-0.2, -0.15) is 0 Å². The Morgan fingerprint density at radius 3 is 2.89 bits per heavy atom. The lowest BCUT2D eigenvalue weighted by Gasteiger charge is -2.11. The van der Waals surface area contributed by atoms with Crippen LogP contribution in [0.25, 0.3) is 0 Å². The lowest BCUT2D eigenvalue weighted by atomic mass is 10.2. The lowest BCUT2D eigenvalue weighted by molar-refractivity contribution is 0.408. The number of halogens is 2. The van der Waals surface area contributed by atoms with E-state index in [1.807, 2.05) is 6.07 Å². The van der Waals surface area contributed by atoms with E-state index in [4.69, 9.17) is 16.3 Å². The smallest absolute Gasteiger partial charge is 0.265 e.